The third kappa shape index (κ3) is 6.51. The van der Waals surface area contributed by atoms with Crippen LogP contribution in [0.2, 0.25) is 0 Å². The van der Waals surface area contributed by atoms with Gasteiger partial charge in [0.15, 0.2) is 0 Å². The van der Waals surface area contributed by atoms with Gasteiger partial charge in [-0.05, 0) is 31.5 Å². The number of H-pyrrole nitrogens is 1. The second-order valence-corrected chi connectivity index (χ2v) is 6.44. The number of nitrogens with one attached hydrogen (secondary N) is 1. The number of ether oxygens (including phenoxy) is 1. The quantitative estimate of drug-likeness (QED) is 0.648. The zero-order valence-electron chi connectivity index (χ0n) is 15.5. The van der Waals surface area contributed by atoms with Crippen LogP contribution in [0.15, 0.2) is 41.5 Å². The highest BCUT2D eigenvalue weighted by Gasteiger charge is 2.24. The van der Waals surface area contributed by atoms with Crippen LogP contribution in [0.3, 0.4) is 0 Å². The van der Waals surface area contributed by atoms with Crippen molar-refractivity contribution in [2.75, 3.05) is 19.7 Å². The Balaban J connectivity index is 0.000000409. The van der Waals surface area contributed by atoms with E-state index >= 15 is 0 Å². The molecule has 0 amide bonds. The van der Waals surface area contributed by atoms with Crippen molar-refractivity contribution in [1.29, 1.82) is 0 Å². The van der Waals surface area contributed by atoms with Crippen molar-refractivity contribution < 1.29 is 24.5 Å². The second-order valence-electron chi connectivity index (χ2n) is 6.44. The Morgan fingerprint density at radius 2 is 2.00 bits per heavy atom. The Kier molecular flexibility index (Phi) is 7.70. The summed E-state index contributed by atoms with van der Waals surface area (Å²) in [5, 5.41) is 14.8. The maximum absolute atomic E-state index is 11.7. The number of para-hydroxylation sites is 1. The lowest BCUT2D eigenvalue weighted by molar-refractivity contribution is -0.159. The molecule has 0 spiro atoms. The number of carboxylic acids is 2. The Morgan fingerprint density at radius 1 is 1.29 bits per heavy atom. The molecular formula is C19H23N3O6. The Hall–Kier alpha value is -3.20. The lowest BCUT2D eigenvalue weighted by Gasteiger charge is -2.16. The zero-order valence-corrected chi connectivity index (χ0v) is 15.5. The number of nitrogens with zero attached hydrogens (tertiary/aromatic N) is 2. The Bertz CT molecular complexity index is 854. The second kappa shape index (κ2) is 10.2. The number of aliphatic carboxylic acids is 2. The standard InChI is InChI=1S/C17H21N3O2.C2H2O4/c1-13-4-2-3-5-16(13)22-12-14-6-9-20(10-14)11-15-17(21)19-8-7-18-15;3-1(4)2(5)6/h2-5,7-8,14H,6,9-12H2,1H3,(H,19,21);(H,3,4)(H,5,6). The van der Waals surface area contributed by atoms with Gasteiger partial charge >= 0.3 is 11.9 Å². The average molecular weight is 389 g/mol. The molecule has 0 radical (unpaired) electrons. The van der Waals surface area contributed by atoms with Crippen LogP contribution >= 0.6 is 0 Å². The van der Waals surface area contributed by atoms with Crippen molar-refractivity contribution in [2.24, 2.45) is 5.92 Å². The first-order valence-electron chi connectivity index (χ1n) is 8.76. The van der Waals surface area contributed by atoms with Crippen molar-refractivity contribution in [3.05, 3.63) is 58.3 Å². The van der Waals surface area contributed by atoms with Crippen LogP contribution in [0.25, 0.3) is 0 Å². The SMILES string of the molecule is Cc1ccccc1OCC1CCN(Cc2ncc[nH]c2=O)C1.O=C(O)C(=O)O. The summed E-state index contributed by atoms with van der Waals surface area (Å²) in [6.45, 7) is 5.32. The van der Waals surface area contributed by atoms with Crippen LogP contribution in [0.1, 0.15) is 17.7 Å². The number of hydrogen-bond acceptors (Lipinski definition) is 6. The van der Waals surface area contributed by atoms with E-state index in [0.29, 0.717) is 18.2 Å². The van der Waals surface area contributed by atoms with Gasteiger partial charge in [-0.3, -0.25) is 14.7 Å². The number of hydrogen-bond donors (Lipinski definition) is 3. The molecular weight excluding hydrogens is 366 g/mol. The van der Waals surface area contributed by atoms with E-state index in [2.05, 4.69) is 27.9 Å². The van der Waals surface area contributed by atoms with E-state index in [1.54, 1.807) is 12.4 Å². The number of likely N-dealkylation sites (tertiary alicyclic amines) is 1. The van der Waals surface area contributed by atoms with E-state index in [1.807, 2.05) is 18.2 Å². The van der Waals surface area contributed by atoms with E-state index in [0.717, 1.165) is 37.4 Å². The van der Waals surface area contributed by atoms with Crippen LogP contribution in [0.5, 0.6) is 5.75 Å². The average Bonchev–Trinajstić information content (AvgIpc) is 3.11. The summed E-state index contributed by atoms with van der Waals surface area (Å²) in [6.07, 6.45) is 4.29. The molecule has 1 fully saturated rings. The van der Waals surface area contributed by atoms with Gasteiger partial charge in [-0.1, -0.05) is 18.2 Å². The minimum Gasteiger partial charge on any atom is -0.493 e. The number of aromatic nitrogens is 2. The summed E-state index contributed by atoms with van der Waals surface area (Å²) in [7, 11) is 0. The number of benzene rings is 1. The van der Waals surface area contributed by atoms with Gasteiger partial charge in [0, 0.05) is 31.4 Å². The predicted octanol–water partition coefficient (Wildman–Crippen LogP) is 1.13. The molecule has 0 bridgehead atoms. The number of carboxylic acid groups (broad SMARTS) is 2. The molecule has 150 valence electrons. The van der Waals surface area contributed by atoms with E-state index < -0.39 is 11.9 Å². The van der Waals surface area contributed by atoms with Gasteiger partial charge in [0.25, 0.3) is 5.56 Å². The molecule has 1 aliphatic heterocycles. The first-order chi connectivity index (χ1) is 13.4. The van der Waals surface area contributed by atoms with Crippen LogP contribution in [0, 0.1) is 12.8 Å². The lowest BCUT2D eigenvalue weighted by atomic mass is 10.1. The molecule has 3 N–H and O–H groups in total. The molecule has 28 heavy (non-hydrogen) atoms. The molecule has 2 aromatic rings. The van der Waals surface area contributed by atoms with Crippen LogP contribution < -0.4 is 10.3 Å². The summed E-state index contributed by atoms with van der Waals surface area (Å²) in [5.74, 6) is -2.19. The van der Waals surface area contributed by atoms with Crippen LogP contribution in [-0.4, -0.2) is 56.7 Å². The maximum Gasteiger partial charge on any atom is 0.414 e. The van der Waals surface area contributed by atoms with E-state index in [-0.39, 0.29) is 5.56 Å². The first-order valence-corrected chi connectivity index (χ1v) is 8.76. The predicted molar refractivity (Wildman–Crippen MR) is 100 cm³/mol. The number of aryl methyl sites for hydroxylation is 1. The normalized spacial score (nSPS) is 16.1. The first kappa shape index (κ1) is 21.1. The number of aromatic amines is 1. The third-order valence-electron chi connectivity index (χ3n) is 4.28. The highest BCUT2D eigenvalue weighted by atomic mass is 16.5. The highest BCUT2D eigenvalue weighted by molar-refractivity contribution is 6.27. The third-order valence-corrected chi connectivity index (χ3v) is 4.28. The molecule has 1 aliphatic rings. The largest absolute Gasteiger partial charge is 0.493 e. The Labute approximate surface area is 161 Å². The molecule has 1 aromatic heterocycles. The van der Waals surface area contributed by atoms with Gasteiger partial charge < -0.3 is 19.9 Å². The van der Waals surface area contributed by atoms with Crippen molar-refractivity contribution in [1.82, 2.24) is 14.9 Å². The van der Waals surface area contributed by atoms with Crippen LogP contribution in [-0.2, 0) is 16.1 Å². The monoisotopic (exact) mass is 389 g/mol. The fourth-order valence-electron chi connectivity index (χ4n) is 2.83. The molecule has 3 rings (SSSR count). The number of rotatable bonds is 5. The Morgan fingerprint density at radius 3 is 2.64 bits per heavy atom. The van der Waals surface area contributed by atoms with E-state index in [9.17, 15) is 4.79 Å². The highest BCUT2D eigenvalue weighted by Crippen LogP contribution is 2.21. The van der Waals surface area contributed by atoms with Gasteiger partial charge in [-0.2, -0.15) is 0 Å². The van der Waals surface area contributed by atoms with Crippen molar-refractivity contribution in [2.45, 2.75) is 19.9 Å². The molecule has 9 heteroatoms. The minimum absolute atomic E-state index is 0.0953. The maximum atomic E-state index is 11.7. The topological polar surface area (TPSA) is 133 Å². The molecule has 9 nitrogen and oxygen atoms in total. The fourth-order valence-corrected chi connectivity index (χ4v) is 2.83. The van der Waals surface area contributed by atoms with Gasteiger partial charge in [0.1, 0.15) is 11.4 Å². The van der Waals surface area contributed by atoms with Gasteiger partial charge in [-0.15, -0.1) is 0 Å². The van der Waals surface area contributed by atoms with Gasteiger partial charge in [-0.25, -0.2) is 9.59 Å². The lowest BCUT2D eigenvalue weighted by Crippen LogP contribution is -2.26. The zero-order chi connectivity index (χ0) is 20.5. The fraction of sp³-hybridized carbons (Fsp3) is 0.368. The number of carbonyl (C=O) groups is 2. The summed E-state index contributed by atoms with van der Waals surface area (Å²) in [6, 6.07) is 8.08. The summed E-state index contributed by atoms with van der Waals surface area (Å²) >= 11 is 0. The van der Waals surface area contributed by atoms with Gasteiger partial charge in [0.2, 0.25) is 0 Å². The van der Waals surface area contributed by atoms with Crippen molar-refractivity contribution in [3.63, 3.8) is 0 Å². The minimum atomic E-state index is -1.82. The molecule has 0 saturated carbocycles. The molecule has 0 aliphatic carbocycles. The van der Waals surface area contributed by atoms with Crippen molar-refractivity contribution >= 4 is 11.9 Å². The molecule has 1 unspecified atom stereocenters. The molecule has 1 aromatic carbocycles. The summed E-state index contributed by atoms with van der Waals surface area (Å²) in [5.41, 5.74) is 1.66. The van der Waals surface area contributed by atoms with Gasteiger partial charge in [0.05, 0.1) is 6.61 Å². The molecule has 1 saturated heterocycles. The molecule has 1 atom stereocenters. The smallest absolute Gasteiger partial charge is 0.414 e. The summed E-state index contributed by atoms with van der Waals surface area (Å²) in [4.78, 5) is 39.0. The van der Waals surface area contributed by atoms with Crippen LogP contribution in [0.4, 0.5) is 0 Å². The summed E-state index contributed by atoms with van der Waals surface area (Å²) < 4.78 is 5.93. The van der Waals surface area contributed by atoms with E-state index in [1.165, 1.54) is 0 Å². The van der Waals surface area contributed by atoms with E-state index in [4.69, 9.17) is 24.5 Å². The molecule has 2 heterocycles. The van der Waals surface area contributed by atoms with Crippen molar-refractivity contribution in [3.8, 4) is 5.75 Å².